The van der Waals surface area contributed by atoms with Gasteiger partial charge >= 0.3 is 11.9 Å². The number of carbonyl (C=O) groups is 2. The third-order valence-corrected chi connectivity index (χ3v) is 3.03. The molecule has 0 spiro atoms. The summed E-state index contributed by atoms with van der Waals surface area (Å²) < 4.78 is 9.92. The van der Waals surface area contributed by atoms with Gasteiger partial charge in [-0.15, -0.1) is 0 Å². The Balaban J connectivity index is 2.84. The van der Waals surface area contributed by atoms with Crippen molar-refractivity contribution in [1.82, 2.24) is 0 Å². The van der Waals surface area contributed by atoms with Crippen molar-refractivity contribution in [2.75, 3.05) is 32.2 Å². The molecule has 0 saturated heterocycles. The van der Waals surface area contributed by atoms with Gasteiger partial charge in [-0.05, 0) is 38.0 Å². The molecule has 1 aromatic rings. The van der Waals surface area contributed by atoms with Gasteiger partial charge in [0.1, 0.15) is 0 Å². The van der Waals surface area contributed by atoms with Crippen LogP contribution in [0.3, 0.4) is 0 Å². The fourth-order valence-electron chi connectivity index (χ4n) is 1.91. The van der Waals surface area contributed by atoms with Gasteiger partial charge in [0.15, 0.2) is 5.92 Å². The van der Waals surface area contributed by atoms with Crippen LogP contribution in [-0.2, 0) is 25.5 Å². The second-order valence-electron chi connectivity index (χ2n) is 4.82. The van der Waals surface area contributed by atoms with Gasteiger partial charge in [0.05, 0.1) is 13.2 Å². The molecule has 0 fully saturated rings. The minimum absolute atomic E-state index is 0.244. The Hall–Kier alpha value is -2.04. The third kappa shape index (κ3) is 5.10. The van der Waals surface area contributed by atoms with E-state index < -0.39 is 17.9 Å². The van der Waals surface area contributed by atoms with Crippen LogP contribution in [0.4, 0.5) is 5.69 Å². The maximum absolute atomic E-state index is 11.9. The second kappa shape index (κ2) is 8.29. The van der Waals surface area contributed by atoms with Gasteiger partial charge in [-0.3, -0.25) is 9.59 Å². The fraction of sp³-hybridized carbons (Fsp3) is 0.500. The van der Waals surface area contributed by atoms with Gasteiger partial charge in [0, 0.05) is 19.8 Å². The normalized spacial score (nSPS) is 10.3. The van der Waals surface area contributed by atoms with E-state index in [4.69, 9.17) is 9.47 Å². The van der Waals surface area contributed by atoms with E-state index in [2.05, 4.69) is 0 Å². The number of carbonyl (C=O) groups excluding carboxylic acids is 2. The van der Waals surface area contributed by atoms with E-state index in [1.807, 2.05) is 43.3 Å². The Labute approximate surface area is 125 Å². The number of anilines is 1. The molecular formula is C16H23NO4. The lowest BCUT2D eigenvalue weighted by molar-refractivity contribution is -0.161. The third-order valence-electron chi connectivity index (χ3n) is 3.03. The highest BCUT2D eigenvalue weighted by Crippen LogP contribution is 2.17. The molecule has 0 N–H and O–H groups in total. The van der Waals surface area contributed by atoms with Crippen LogP contribution in [0.25, 0.3) is 0 Å². The average molecular weight is 293 g/mol. The summed E-state index contributed by atoms with van der Waals surface area (Å²) >= 11 is 0. The van der Waals surface area contributed by atoms with E-state index in [1.54, 1.807) is 13.8 Å². The monoisotopic (exact) mass is 293 g/mol. The minimum Gasteiger partial charge on any atom is -0.465 e. The van der Waals surface area contributed by atoms with Crippen LogP contribution in [0.5, 0.6) is 0 Å². The van der Waals surface area contributed by atoms with Crippen molar-refractivity contribution < 1.29 is 19.1 Å². The van der Waals surface area contributed by atoms with Crippen LogP contribution in [0.15, 0.2) is 24.3 Å². The highest BCUT2D eigenvalue weighted by Gasteiger charge is 2.29. The van der Waals surface area contributed by atoms with Crippen molar-refractivity contribution in [3.8, 4) is 0 Å². The largest absolute Gasteiger partial charge is 0.465 e. The minimum atomic E-state index is -0.907. The lowest BCUT2D eigenvalue weighted by Crippen LogP contribution is -2.30. The van der Waals surface area contributed by atoms with Crippen molar-refractivity contribution in [3.63, 3.8) is 0 Å². The number of hydrogen-bond acceptors (Lipinski definition) is 5. The standard InChI is InChI=1S/C16H23NO4/c1-5-20-15(18)14(16(19)21-6-2)11-12-7-9-13(10-8-12)17(3)4/h7-10,14H,5-6,11H2,1-4H3. The zero-order valence-electron chi connectivity index (χ0n) is 13.1. The van der Waals surface area contributed by atoms with E-state index in [-0.39, 0.29) is 19.6 Å². The Morgan fingerprint density at radius 2 is 1.48 bits per heavy atom. The summed E-state index contributed by atoms with van der Waals surface area (Å²) in [6, 6.07) is 7.70. The zero-order valence-corrected chi connectivity index (χ0v) is 13.1. The van der Waals surface area contributed by atoms with E-state index in [9.17, 15) is 9.59 Å². The van der Waals surface area contributed by atoms with Gasteiger partial charge in [-0.25, -0.2) is 0 Å². The predicted octanol–water partition coefficient (Wildman–Crippen LogP) is 2.04. The molecule has 116 valence electrons. The number of benzene rings is 1. The summed E-state index contributed by atoms with van der Waals surface area (Å²) in [7, 11) is 3.91. The molecule has 0 aliphatic rings. The van der Waals surface area contributed by atoms with Crippen molar-refractivity contribution in [3.05, 3.63) is 29.8 Å². The molecule has 5 heteroatoms. The molecular weight excluding hydrogens is 270 g/mol. The van der Waals surface area contributed by atoms with Crippen molar-refractivity contribution in [1.29, 1.82) is 0 Å². The van der Waals surface area contributed by atoms with Crippen molar-refractivity contribution in [2.45, 2.75) is 20.3 Å². The quantitative estimate of drug-likeness (QED) is 0.569. The molecule has 0 heterocycles. The second-order valence-corrected chi connectivity index (χ2v) is 4.82. The molecule has 1 aromatic carbocycles. The summed E-state index contributed by atoms with van der Waals surface area (Å²) in [5, 5.41) is 0. The molecule has 0 unspecified atom stereocenters. The molecule has 0 saturated carbocycles. The smallest absolute Gasteiger partial charge is 0.320 e. The summed E-state index contributed by atoms with van der Waals surface area (Å²) in [5.41, 5.74) is 1.95. The summed E-state index contributed by atoms with van der Waals surface area (Å²) in [6.45, 7) is 3.92. The van der Waals surface area contributed by atoms with Crippen LogP contribution in [0.2, 0.25) is 0 Å². The first-order valence-electron chi connectivity index (χ1n) is 7.09. The maximum Gasteiger partial charge on any atom is 0.320 e. The molecule has 0 atom stereocenters. The number of rotatable bonds is 7. The van der Waals surface area contributed by atoms with E-state index in [0.717, 1.165) is 11.3 Å². The Kier molecular flexibility index (Phi) is 6.72. The average Bonchev–Trinajstić information content (AvgIpc) is 2.45. The summed E-state index contributed by atoms with van der Waals surface area (Å²) in [5.74, 6) is -1.98. The molecule has 0 radical (unpaired) electrons. The highest BCUT2D eigenvalue weighted by atomic mass is 16.6. The van der Waals surface area contributed by atoms with Crippen LogP contribution in [0, 0.1) is 5.92 Å². The summed E-state index contributed by atoms with van der Waals surface area (Å²) in [6.07, 6.45) is 0.283. The van der Waals surface area contributed by atoms with Crippen LogP contribution in [-0.4, -0.2) is 39.2 Å². The first kappa shape index (κ1) is 17.0. The number of hydrogen-bond donors (Lipinski definition) is 0. The zero-order chi connectivity index (χ0) is 15.8. The fourth-order valence-corrected chi connectivity index (χ4v) is 1.91. The van der Waals surface area contributed by atoms with Gasteiger partial charge in [0.2, 0.25) is 0 Å². The van der Waals surface area contributed by atoms with E-state index >= 15 is 0 Å². The topological polar surface area (TPSA) is 55.8 Å². The van der Waals surface area contributed by atoms with E-state index in [1.165, 1.54) is 0 Å². The van der Waals surface area contributed by atoms with E-state index in [0.29, 0.717) is 0 Å². The SMILES string of the molecule is CCOC(=O)C(Cc1ccc(N(C)C)cc1)C(=O)OCC. The van der Waals surface area contributed by atoms with Crippen molar-refractivity contribution >= 4 is 17.6 Å². The van der Waals surface area contributed by atoms with Crippen LogP contribution < -0.4 is 4.90 Å². The molecule has 5 nitrogen and oxygen atoms in total. The van der Waals surface area contributed by atoms with Gasteiger partial charge in [-0.1, -0.05) is 12.1 Å². The number of ether oxygens (including phenoxy) is 2. The molecule has 0 aliphatic heterocycles. The molecule has 1 rings (SSSR count). The Morgan fingerprint density at radius 3 is 1.86 bits per heavy atom. The predicted molar refractivity (Wildman–Crippen MR) is 81.2 cm³/mol. The maximum atomic E-state index is 11.9. The van der Waals surface area contributed by atoms with Gasteiger partial charge in [0.25, 0.3) is 0 Å². The highest BCUT2D eigenvalue weighted by molar-refractivity contribution is 5.95. The van der Waals surface area contributed by atoms with Gasteiger partial charge in [-0.2, -0.15) is 0 Å². The summed E-state index contributed by atoms with van der Waals surface area (Å²) in [4.78, 5) is 25.8. The first-order chi connectivity index (χ1) is 9.99. The molecule has 0 aromatic heterocycles. The first-order valence-corrected chi connectivity index (χ1v) is 7.09. The molecule has 0 bridgehead atoms. The van der Waals surface area contributed by atoms with Crippen LogP contribution in [0.1, 0.15) is 19.4 Å². The Morgan fingerprint density at radius 1 is 1.00 bits per heavy atom. The van der Waals surface area contributed by atoms with Gasteiger partial charge < -0.3 is 14.4 Å². The number of nitrogens with zero attached hydrogens (tertiary/aromatic N) is 1. The Bertz CT molecular complexity index is 450. The van der Waals surface area contributed by atoms with Crippen molar-refractivity contribution in [2.24, 2.45) is 5.92 Å². The lowest BCUT2D eigenvalue weighted by Gasteiger charge is -2.16. The molecule has 0 amide bonds. The van der Waals surface area contributed by atoms with Crippen LogP contribution >= 0.6 is 0 Å². The molecule has 0 aliphatic carbocycles. The lowest BCUT2D eigenvalue weighted by atomic mass is 9.99. The molecule has 21 heavy (non-hydrogen) atoms. The number of esters is 2.